The topological polar surface area (TPSA) is 101 Å². The molecule has 16 heavy (non-hydrogen) atoms. The average molecular weight is 290 g/mol. The number of nitrogens with zero attached hydrogens (tertiary/aromatic N) is 1. The van der Waals surface area contributed by atoms with E-state index >= 15 is 0 Å². The van der Waals surface area contributed by atoms with Crippen molar-refractivity contribution < 1.29 is 19.9 Å². The van der Waals surface area contributed by atoms with E-state index in [2.05, 4.69) is 15.9 Å². The summed E-state index contributed by atoms with van der Waals surface area (Å²) in [6.07, 6.45) is -1.70. The highest BCUT2D eigenvalue weighted by Crippen LogP contribution is 2.32. The summed E-state index contributed by atoms with van der Waals surface area (Å²) in [5, 5.41) is 28.6. The Morgan fingerprint density at radius 3 is 2.56 bits per heavy atom. The predicted molar refractivity (Wildman–Crippen MR) is 58.1 cm³/mol. The summed E-state index contributed by atoms with van der Waals surface area (Å²) in [4.78, 5) is 20.6. The van der Waals surface area contributed by atoms with Crippen molar-refractivity contribution in [3.8, 4) is 0 Å². The van der Waals surface area contributed by atoms with Gasteiger partial charge in [-0.3, -0.25) is 10.1 Å². The Labute approximate surface area is 98.8 Å². The summed E-state index contributed by atoms with van der Waals surface area (Å²) in [7, 11) is 0. The van der Waals surface area contributed by atoms with Gasteiger partial charge < -0.3 is 10.2 Å². The zero-order chi connectivity index (χ0) is 12.5. The third-order valence-corrected chi connectivity index (χ3v) is 3.17. The van der Waals surface area contributed by atoms with Gasteiger partial charge in [0.2, 0.25) is 0 Å². The number of halogens is 1. The van der Waals surface area contributed by atoms with Crippen LogP contribution in [0, 0.1) is 17.0 Å². The van der Waals surface area contributed by atoms with Crippen LogP contribution < -0.4 is 0 Å². The molecule has 7 heteroatoms. The van der Waals surface area contributed by atoms with Crippen molar-refractivity contribution >= 4 is 27.6 Å². The smallest absolute Gasteiger partial charge is 0.337 e. The van der Waals surface area contributed by atoms with Gasteiger partial charge in [-0.15, -0.1) is 0 Å². The number of aliphatic hydroxyl groups is 1. The average Bonchev–Trinajstić information content (AvgIpc) is 2.20. The van der Waals surface area contributed by atoms with Crippen LogP contribution in [0.2, 0.25) is 0 Å². The summed E-state index contributed by atoms with van der Waals surface area (Å²) < 4.78 is 0.233. The van der Waals surface area contributed by atoms with Gasteiger partial charge in [0.25, 0.3) is 5.69 Å². The number of nitro benzene ring substituents is 1. The summed E-state index contributed by atoms with van der Waals surface area (Å²) in [5.41, 5.74) is 0.242. The number of hydrogen-bond donors (Lipinski definition) is 2. The van der Waals surface area contributed by atoms with Crippen molar-refractivity contribution in [1.29, 1.82) is 0 Å². The Bertz CT molecular complexity index is 459. The van der Waals surface area contributed by atoms with Crippen molar-refractivity contribution in [2.75, 3.05) is 0 Å². The highest BCUT2D eigenvalue weighted by Gasteiger charge is 2.23. The molecule has 0 aromatic heterocycles. The van der Waals surface area contributed by atoms with E-state index in [1.54, 1.807) is 0 Å². The van der Waals surface area contributed by atoms with Gasteiger partial charge in [0.05, 0.1) is 4.92 Å². The van der Waals surface area contributed by atoms with E-state index in [0.29, 0.717) is 0 Å². The van der Waals surface area contributed by atoms with E-state index in [1.165, 1.54) is 19.1 Å². The van der Waals surface area contributed by atoms with E-state index in [-0.39, 0.29) is 21.3 Å². The molecule has 1 rings (SSSR count). The van der Waals surface area contributed by atoms with Crippen molar-refractivity contribution in [1.82, 2.24) is 0 Å². The van der Waals surface area contributed by atoms with Gasteiger partial charge in [0.15, 0.2) is 6.10 Å². The lowest BCUT2D eigenvalue weighted by molar-refractivity contribution is -0.385. The monoisotopic (exact) mass is 289 g/mol. The minimum atomic E-state index is -1.70. The Kier molecular flexibility index (Phi) is 3.61. The lowest BCUT2D eigenvalue weighted by Crippen LogP contribution is -2.11. The lowest BCUT2D eigenvalue weighted by Gasteiger charge is -2.10. The fourth-order valence-corrected chi connectivity index (χ4v) is 1.79. The number of hydrogen-bond acceptors (Lipinski definition) is 4. The van der Waals surface area contributed by atoms with Crippen LogP contribution in [0.4, 0.5) is 5.69 Å². The van der Waals surface area contributed by atoms with E-state index in [0.717, 1.165) is 0 Å². The summed E-state index contributed by atoms with van der Waals surface area (Å²) in [6.45, 7) is 1.47. The van der Waals surface area contributed by atoms with Crippen molar-refractivity contribution in [3.63, 3.8) is 0 Å². The summed E-state index contributed by atoms with van der Waals surface area (Å²) in [6, 6.07) is 2.38. The minimum Gasteiger partial charge on any atom is -0.479 e. The first-order valence-corrected chi connectivity index (χ1v) is 4.99. The van der Waals surface area contributed by atoms with Gasteiger partial charge in [-0.1, -0.05) is 0 Å². The second-order valence-corrected chi connectivity index (χ2v) is 3.90. The second-order valence-electron chi connectivity index (χ2n) is 3.11. The number of carbonyl (C=O) groups is 1. The fraction of sp³-hybridized carbons (Fsp3) is 0.222. The van der Waals surface area contributed by atoms with Crippen molar-refractivity contribution in [3.05, 3.63) is 37.8 Å². The quantitative estimate of drug-likeness (QED) is 0.652. The minimum absolute atomic E-state index is 0.0931. The molecule has 0 bridgehead atoms. The molecule has 1 unspecified atom stereocenters. The third kappa shape index (κ3) is 2.20. The molecule has 0 aliphatic rings. The molecule has 1 aromatic carbocycles. The number of carboxylic acids is 1. The number of rotatable bonds is 3. The molecular weight excluding hydrogens is 282 g/mol. The maximum atomic E-state index is 10.6. The van der Waals surface area contributed by atoms with E-state index < -0.39 is 17.0 Å². The molecule has 0 saturated heterocycles. The fourth-order valence-electron chi connectivity index (χ4n) is 1.24. The maximum Gasteiger partial charge on any atom is 0.337 e. The zero-order valence-electron chi connectivity index (χ0n) is 8.18. The first-order valence-electron chi connectivity index (χ1n) is 4.20. The van der Waals surface area contributed by atoms with E-state index in [1.807, 2.05) is 0 Å². The molecule has 0 heterocycles. The molecule has 0 fully saturated rings. The highest BCUT2D eigenvalue weighted by atomic mass is 79.9. The first-order chi connectivity index (χ1) is 7.36. The molecular formula is C9H8BrNO5. The van der Waals surface area contributed by atoms with Gasteiger partial charge in [0, 0.05) is 21.7 Å². The number of benzene rings is 1. The third-order valence-electron chi connectivity index (χ3n) is 2.11. The first kappa shape index (κ1) is 12.6. The largest absolute Gasteiger partial charge is 0.479 e. The molecule has 1 atom stereocenters. The van der Waals surface area contributed by atoms with Gasteiger partial charge in [-0.2, -0.15) is 0 Å². The second kappa shape index (κ2) is 4.58. The highest BCUT2D eigenvalue weighted by molar-refractivity contribution is 9.10. The number of aliphatic hydroxyl groups excluding tert-OH is 1. The maximum absolute atomic E-state index is 10.6. The van der Waals surface area contributed by atoms with Gasteiger partial charge in [0.1, 0.15) is 0 Å². The molecule has 0 aliphatic carbocycles. The Hall–Kier alpha value is -1.47. The normalized spacial score (nSPS) is 12.2. The molecule has 0 saturated carbocycles. The molecule has 0 amide bonds. The standard InChI is InChI=1S/C9H8BrNO5/c1-4-6(11(15)16)3-2-5(7(4)10)8(12)9(13)14/h2-3,8,12H,1H3,(H,13,14). The molecule has 0 aliphatic heterocycles. The van der Waals surface area contributed by atoms with Crippen LogP contribution in [0.3, 0.4) is 0 Å². The van der Waals surface area contributed by atoms with Crippen LogP contribution in [0.15, 0.2) is 16.6 Å². The summed E-state index contributed by atoms with van der Waals surface area (Å²) >= 11 is 3.04. The Balaban J connectivity index is 3.32. The van der Waals surface area contributed by atoms with Crippen LogP contribution in [0.25, 0.3) is 0 Å². The number of nitro groups is 1. The van der Waals surface area contributed by atoms with Crippen LogP contribution in [0.1, 0.15) is 17.2 Å². The molecule has 2 N–H and O–H groups in total. The predicted octanol–water partition coefficient (Wildman–Crippen LogP) is 1.78. The molecule has 0 radical (unpaired) electrons. The van der Waals surface area contributed by atoms with Crippen LogP contribution in [-0.2, 0) is 4.79 Å². The Morgan fingerprint density at radius 1 is 1.56 bits per heavy atom. The van der Waals surface area contributed by atoms with Gasteiger partial charge in [-0.25, -0.2) is 4.79 Å². The molecule has 86 valence electrons. The zero-order valence-corrected chi connectivity index (χ0v) is 9.76. The van der Waals surface area contributed by atoms with Crippen molar-refractivity contribution in [2.45, 2.75) is 13.0 Å². The van der Waals surface area contributed by atoms with Gasteiger partial charge in [-0.05, 0) is 28.9 Å². The Morgan fingerprint density at radius 2 is 2.12 bits per heavy atom. The SMILES string of the molecule is Cc1c([N+](=O)[O-])ccc(C(O)C(=O)O)c1Br. The number of carboxylic acid groups (broad SMARTS) is 1. The lowest BCUT2D eigenvalue weighted by atomic mass is 10.1. The van der Waals surface area contributed by atoms with E-state index in [9.17, 15) is 20.0 Å². The number of aliphatic carboxylic acids is 1. The van der Waals surface area contributed by atoms with Crippen LogP contribution >= 0.6 is 15.9 Å². The van der Waals surface area contributed by atoms with Crippen molar-refractivity contribution in [2.24, 2.45) is 0 Å². The van der Waals surface area contributed by atoms with Crippen LogP contribution in [-0.4, -0.2) is 21.1 Å². The van der Waals surface area contributed by atoms with E-state index in [4.69, 9.17) is 5.11 Å². The molecule has 1 aromatic rings. The van der Waals surface area contributed by atoms with Gasteiger partial charge >= 0.3 is 5.97 Å². The summed E-state index contributed by atoms with van der Waals surface area (Å²) in [5.74, 6) is -1.41. The molecule has 0 spiro atoms. The molecule has 6 nitrogen and oxygen atoms in total. The van der Waals surface area contributed by atoms with Crippen LogP contribution in [0.5, 0.6) is 0 Å².